The molecular formula is C16H13N5O2. The van der Waals surface area contributed by atoms with Gasteiger partial charge in [0.15, 0.2) is 0 Å². The topological polar surface area (TPSA) is 107 Å². The number of nitrogens with one attached hydrogen (secondary N) is 1. The number of anilines is 3. The second-order valence-corrected chi connectivity index (χ2v) is 4.82. The number of hydrogen-bond acceptors (Lipinski definition) is 6. The van der Waals surface area contributed by atoms with Crippen molar-refractivity contribution in [2.75, 3.05) is 11.1 Å². The van der Waals surface area contributed by atoms with Crippen LogP contribution < -0.4 is 11.1 Å². The lowest BCUT2D eigenvalue weighted by atomic mass is 10.1. The molecule has 7 heteroatoms. The van der Waals surface area contributed by atoms with Crippen molar-refractivity contribution < 1.29 is 4.92 Å². The van der Waals surface area contributed by atoms with Crippen LogP contribution in [0.4, 0.5) is 23.0 Å². The summed E-state index contributed by atoms with van der Waals surface area (Å²) in [5.74, 6) is 0.352. The van der Waals surface area contributed by atoms with Gasteiger partial charge >= 0.3 is 0 Å². The molecule has 3 rings (SSSR count). The lowest BCUT2D eigenvalue weighted by molar-refractivity contribution is -0.384. The number of aromatic nitrogens is 2. The summed E-state index contributed by atoms with van der Waals surface area (Å²) in [7, 11) is 0. The lowest BCUT2D eigenvalue weighted by Crippen LogP contribution is -1.98. The molecule has 3 aromatic rings. The van der Waals surface area contributed by atoms with Crippen LogP contribution in [-0.2, 0) is 0 Å². The summed E-state index contributed by atoms with van der Waals surface area (Å²) < 4.78 is 0. The molecule has 7 nitrogen and oxygen atoms in total. The van der Waals surface area contributed by atoms with Crippen LogP contribution in [0.5, 0.6) is 0 Å². The summed E-state index contributed by atoms with van der Waals surface area (Å²) in [4.78, 5) is 18.9. The molecule has 23 heavy (non-hydrogen) atoms. The van der Waals surface area contributed by atoms with Crippen LogP contribution in [0.2, 0.25) is 0 Å². The molecule has 0 aliphatic rings. The highest BCUT2D eigenvalue weighted by Gasteiger charge is 2.07. The summed E-state index contributed by atoms with van der Waals surface area (Å²) in [6.07, 6.45) is 1.62. The first-order chi connectivity index (χ1) is 11.1. The number of benzene rings is 2. The molecule has 0 saturated heterocycles. The number of nitrogen functional groups attached to an aromatic ring is 1. The van der Waals surface area contributed by atoms with Gasteiger partial charge in [-0.2, -0.15) is 0 Å². The van der Waals surface area contributed by atoms with E-state index in [2.05, 4.69) is 15.3 Å². The van der Waals surface area contributed by atoms with E-state index in [9.17, 15) is 10.1 Å². The Kier molecular flexibility index (Phi) is 3.84. The number of nitro benzene ring substituents is 1. The van der Waals surface area contributed by atoms with Crippen LogP contribution in [0.15, 0.2) is 60.8 Å². The predicted molar refractivity (Wildman–Crippen MR) is 88.3 cm³/mol. The van der Waals surface area contributed by atoms with Crippen LogP contribution in [0, 0.1) is 10.1 Å². The number of nitro groups is 1. The van der Waals surface area contributed by atoms with Crippen LogP contribution in [0.1, 0.15) is 0 Å². The van der Waals surface area contributed by atoms with Gasteiger partial charge < -0.3 is 11.1 Å². The third-order valence-electron chi connectivity index (χ3n) is 3.15. The lowest BCUT2D eigenvalue weighted by Gasteiger charge is -2.07. The second-order valence-electron chi connectivity index (χ2n) is 4.82. The predicted octanol–water partition coefficient (Wildman–Crippen LogP) is 3.38. The van der Waals surface area contributed by atoms with Crippen molar-refractivity contribution in [1.29, 1.82) is 0 Å². The first kappa shape index (κ1) is 14.5. The molecule has 0 atom stereocenters. The van der Waals surface area contributed by atoms with Gasteiger partial charge in [0.05, 0.1) is 10.6 Å². The van der Waals surface area contributed by atoms with E-state index in [0.29, 0.717) is 23.0 Å². The van der Waals surface area contributed by atoms with Gasteiger partial charge in [-0.25, -0.2) is 9.97 Å². The van der Waals surface area contributed by atoms with Crippen LogP contribution in [0.3, 0.4) is 0 Å². The molecule has 0 radical (unpaired) electrons. The van der Waals surface area contributed by atoms with Crippen molar-refractivity contribution in [2.24, 2.45) is 0 Å². The summed E-state index contributed by atoms with van der Waals surface area (Å²) in [6, 6.07) is 15.3. The average Bonchev–Trinajstić information content (AvgIpc) is 2.55. The summed E-state index contributed by atoms with van der Waals surface area (Å²) in [5.41, 5.74) is 8.55. The van der Waals surface area contributed by atoms with E-state index in [4.69, 9.17) is 5.73 Å². The van der Waals surface area contributed by atoms with Gasteiger partial charge in [-0.1, -0.05) is 18.2 Å². The van der Waals surface area contributed by atoms with Crippen molar-refractivity contribution in [1.82, 2.24) is 9.97 Å². The van der Waals surface area contributed by atoms with Crippen molar-refractivity contribution in [3.63, 3.8) is 0 Å². The molecule has 0 spiro atoms. The minimum Gasteiger partial charge on any atom is -0.399 e. The molecule has 1 heterocycles. The van der Waals surface area contributed by atoms with Crippen LogP contribution in [0.25, 0.3) is 11.3 Å². The van der Waals surface area contributed by atoms with E-state index < -0.39 is 4.92 Å². The van der Waals surface area contributed by atoms with Gasteiger partial charge in [0.25, 0.3) is 5.69 Å². The van der Waals surface area contributed by atoms with E-state index in [0.717, 1.165) is 5.56 Å². The van der Waals surface area contributed by atoms with Crippen molar-refractivity contribution in [3.8, 4) is 11.3 Å². The highest BCUT2D eigenvalue weighted by atomic mass is 16.6. The molecule has 1 aromatic heterocycles. The zero-order chi connectivity index (χ0) is 16.2. The number of hydrogen-bond donors (Lipinski definition) is 2. The van der Waals surface area contributed by atoms with E-state index >= 15 is 0 Å². The normalized spacial score (nSPS) is 10.3. The maximum absolute atomic E-state index is 10.8. The first-order valence-electron chi connectivity index (χ1n) is 6.82. The van der Waals surface area contributed by atoms with Gasteiger partial charge in [0.1, 0.15) is 0 Å². The average molecular weight is 307 g/mol. The fourth-order valence-electron chi connectivity index (χ4n) is 2.10. The Hall–Kier alpha value is -3.48. The van der Waals surface area contributed by atoms with Gasteiger partial charge in [-0.15, -0.1) is 0 Å². The van der Waals surface area contributed by atoms with Crippen LogP contribution in [-0.4, -0.2) is 14.9 Å². The number of nitrogens with zero attached hydrogens (tertiary/aromatic N) is 3. The van der Waals surface area contributed by atoms with Gasteiger partial charge in [0.2, 0.25) is 5.95 Å². The molecular weight excluding hydrogens is 294 g/mol. The maximum Gasteiger partial charge on any atom is 0.271 e. The molecule has 3 N–H and O–H groups in total. The Labute approximate surface area is 132 Å². The van der Waals surface area contributed by atoms with E-state index in [1.54, 1.807) is 30.5 Å². The number of non-ortho nitro benzene ring substituents is 1. The Morgan fingerprint density at radius 3 is 2.70 bits per heavy atom. The van der Waals surface area contributed by atoms with Crippen LogP contribution >= 0.6 is 0 Å². The summed E-state index contributed by atoms with van der Waals surface area (Å²) in [5, 5.41) is 13.8. The molecule has 114 valence electrons. The van der Waals surface area contributed by atoms with Gasteiger partial charge in [-0.05, 0) is 24.3 Å². The van der Waals surface area contributed by atoms with Gasteiger partial charge in [-0.3, -0.25) is 10.1 Å². The minimum absolute atomic E-state index is 0.00184. The van der Waals surface area contributed by atoms with Crippen molar-refractivity contribution >= 4 is 23.0 Å². The second kappa shape index (κ2) is 6.10. The molecule has 0 aliphatic carbocycles. The smallest absolute Gasteiger partial charge is 0.271 e. The fraction of sp³-hybridized carbons (Fsp3) is 0. The number of rotatable bonds is 4. The largest absolute Gasteiger partial charge is 0.399 e. The summed E-state index contributed by atoms with van der Waals surface area (Å²) in [6.45, 7) is 0. The standard InChI is InChI=1S/C16H13N5O2/c17-12-4-1-3-11(9-12)15-7-8-18-16(20-15)19-13-5-2-6-14(10-13)21(22)23/h1-10H,17H2,(H,18,19,20). The molecule has 0 amide bonds. The minimum atomic E-state index is -0.449. The summed E-state index contributed by atoms with van der Waals surface area (Å²) >= 11 is 0. The van der Waals surface area contributed by atoms with Crippen molar-refractivity contribution in [2.45, 2.75) is 0 Å². The van der Waals surface area contributed by atoms with Crippen molar-refractivity contribution in [3.05, 3.63) is 70.9 Å². The van der Waals surface area contributed by atoms with E-state index in [1.807, 2.05) is 18.2 Å². The first-order valence-corrected chi connectivity index (χ1v) is 6.82. The fourth-order valence-corrected chi connectivity index (χ4v) is 2.10. The Balaban J connectivity index is 1.88. The Bertz CT molecular complexity index is 866. The maximum atomic E-state index is 10.8. The highest BCUT2D eigenvalue weighted by molar-refractivity contribution is 5.66. The van der Waals surface area contributed by atoms with E-state index in [1.165, 1.54) is 12.1 Å². The zero-order valence-corrected chi connectivity index (χ0v) is 12.0. The molecule has 0 aliphatic heterocycles. The quantitative estimate of drug-likeness (QED) is 0.434. The SMILES string of the molecule is Nc1cccc(-c2ccnc(Nc3cccc([N+](=O)[O-])c3)n2)c1. The molecule has 2 aromatic carbocycles. The Morgan fingerprint density at radius 2 is 1.91 bits per heavy atom. The third kappa shape index (κ3) is 3.41. The molecule has 0 fully saturated rings. The zero-order valence-electron chi connectivity index (χ0n) is 12.0. The van der Waals surface area contributed by atoms with E-state index in [-0.39, 0.29) is 5.69 Å². The highest BCUT2D eigenvalue weighted by Crippen LogP contribution is 2.23. The molecule has 0 saturated carbocycles. The molecule has 0 unspecified atom stereocenters. The molecule has 0 bridgehead atoms. The monoisotopic (exact) mass is 307 g/mol. The number of nitrogens with two attached hydrogens (primary N) is 1. The van der Waals surface area contributed by atoms with Gasteiger partial charge in [0, 0.05) is 35.3 Å². The Morgan fingerprint density at radius 1 is 1.09 bits per heavy atom. The third-order valence-corrected chi connectivity index (χ3v) is 3.15.